The summed E-state index contributed by atoms with van der Waals surface area (Å²) in [6.07, 6.45) is 0. The Hall–Kier alpha value is -0.845. The molecule has 0 aliphatic carbocycles. The third-order valence-corrected chi connectivity index (χ3v) is 4.10. The molecular weight excluding hydrogens is 231 g/mol. The van der Waals surface area contributed by atoms with Crippen LogP contribution in [0.1, 0.15) is 39.1 Å². The average molecular weight is 252 g/mol. The van der Waals surface area contributed by atoms with Gasteiger partial charge in [0.15, 0.2) is 0 Å². The third-order valence-electron chi connectivity index (χ3n) is 4.10. The van der Waals surface area contributed by atoms with E-state index in [9.17, 15) is 5.11 Å². The zero-order valence-corrected chi connectivity index (χ0v) is 11.9. The maximum atomic E-state index is 9.39. The van der Waals surface area contributed by atoms with Crippen LogP contribution in [0.15, 0.2) is 0 Å². The summed E-state index contributed by atoms with van der Waals surface area (Å²) >= 11 is 0. The Morgan fingerprint density at radius 3 is 2.17 bits per heavy atom. The number of rotatable bonds is 2. The highest BCUT2D eigenvalue weighted by atomic mass is 16.7. The summed E-state index contributed by atoms with van der Waals surface area (Å²) in [7, 11) is 1.38. The van der Waals surface area contributed by atoms with Gasteiger partial charge in [0.25, 0.3) is 0 Å². The first-order valence-electron chi connectivity index (χ1n) is 6.18. The van der Waals surface area contributed by atoms with E-state index < -0.39 is 7.12 Å². The molecule has 0 atom stereocenters. The molecule has 1 aromatic heterocycles. The molecule has 5 nitrogen and oxygen atoms in total. The second-order valence-corrected chi connectivity index (χ2v) is 5.82. The molecule has 0 radical (unpaired) electrons. The van der Waals surface area contributed by atoms with Gasteiger partial charge in [-0.1, -0.05) is 0 Å². The second-order valence-electron chi connectivity index (χ2n) is 5.82. The van der Waals surface area contributed by atoms with Crippen molar-refractivity contribution in [3.05, 3.63) is 11.4 Å². The Bertz CT molecular complexity index is 452. The molecule has 1 aromatic rings. The molecule has 0 aromatic carbocycles. The highest BCUT2D eigenvalue weighted by molar-refractivity contribution is 6.63. The Balaban J connectivity index is 2.41. The molecule has 6 heteroatoms. The lowest BCUT2D eigenvalue weighted by molar-refractivity contribution is 0.00578. The van der Waals surface area contributed by atoms with Gasteiger partial charge in [0.05, 0.1) is 23.5 Å². The summed E-state index contributed by atoms with van der Waals surface area (Å²) in [5, 5.41) is 13.7. The van der Waals surface area contributed by atoms with Crippen LogP contribution in [-0.2, 0) is 23.0 Å². The monoisotopic (exact) mass is 252 g/mol. The van der Waals surface area contributed by atoms with Crippen molar-refractivity contribution >= 4 is 12.6 Å². The number of aliphatic hydroxyl groups excluding tert-OH is 1. The van der Waals surface area contributed by atoms with Crippen LogP contribution >= 0.6 is 0 Å². The van der Waals surface area contributed by atoms with E-state index in [0.29, 0.717) is 5.69 Å². The molecule has 2 heterocycles. The van der Waals surface area contributed by atoms with Crippen molar-refractivity contribution in [3.63, 3.8) is 0 Å². The lowest BCUT2D eigenvalue weighted by Gasteiger charge is -2.32. The van der Waals surface area contributed by atoms with Crippen molar-refractivity contribution in [2.24, 2.45) is 7.05 Å². The Labute approximate surface area is 108 Å². The van der Waals surface area contributed by atoms with Gasteiger partial charge in [0, 0.05) is 18.2 Å². The fraction of sp³-hybridized carbons (Fsp3) is 0.750. The normalized spacial score (nSPS) is 21.6. The maximum Gasteiger partial charge on any atom is 0.498 e. The number of hydrogen-bond donors (Lipinski definition) is 1. The highest BCUT2D eigenvalue weighted by Crippen LogP contribution is 2.36. The first-order valence-corrected chi connectivity index (χ1v) is 6.18. The van der Waals surface area contributed by atoms with Crippen LogP contribution < -0.4 is 5.46 Å². The summed E-state index contributed by atoms with van der Waals surface area (Å²) in [4.78, 5) is 0. The van der Waals surface area contributed by atoms with Crippen molar-refractivity contribution < 1.29 is 14.4 Å². The molecule has 18 heavy (non-hydrogen) atoms. The smallest absolute Gasteiger partial charge is 0.399 e. The van der Waals surface area contributed by atoms with Gasteiger partial charge in [-0.05, 0) is 34.6 Å². The number of aromatic nitrogens is 2. The van der Waals surface area contributed by atoms with Gasteiger partial charge in [-0.25, -0.2) is 0 Å². The van der Waals surface area contributed by atoms with Crippen LogP contribution in [0.5, 0.6) is 0 Å². The Morgan fingerprint density at radius 1 is 1.22 bits per heavy atom. The van der Waals surface area contributed by atoms with E-state index in [4.69, 9.17) is 9.31 Å². The van der Waals surface area contributed by atoms with Crippen molar-refractivity contribution in [1.29, 1.82) is 0 Å². The van der Waals surface area contributed by atoms with Crippen LogP contribution in [0.3, 0.4) is 0 Å². The van der Waals surface area contributed by atoms with Gasteiger partial charge in [0.2, 0.25) is 0 Å². The van der Waals surface area contributed by atoms with Crippen LogP contribution in [0.2, 0.25) is 0 Å². The molecule has 1 N–H and O–H groups in total. The highest BCUT2D eigenvalue weighted by Gasteiger charge is 2.53. The largest absolute Gasteiger partial charge is 0.498 e. The van der Waals surface area contributed by atoms with Gasteiger partial charge < -0.3 is 14.4 Å². The first kappa shape index (κ1) is 13.6. The zero-order valence-electron chi connectivity index (χ0n) is 11.9. The maximum absolute atomic E-state index is 9.39. The fourth-order valence-electron chi connectivity index (χ4n) is 2.08. The molecule has 0 amide bonds. The number of aryl methyl sites for hydroxylation is 1. The summed E-state index contributed by atoms with van der Waals surface area (Å²) < 4.78 is 13.7. The van der Waals surface area contributed by atoms with E-state index in [0.717, 1.165) is 11.2 Å². The van der Waals surface area contributed by atoms with Crippen molar-refractivity contribution in [3.8, 4) is 0 Å². The van der Waals surface area contributed by atoms with Gasteiger partial charge in [0.1, 0.15) is 0 Å². The molecule has 0 saturated carbocycles. The molecule has 1 saturated heterocycles. The summed E-state index contributed by atoms with van der Waals surface area (Å²) in [6.45, 7) is 9.89. The Kier molecular flexibility index (Phi) is 3.08. The van der Waals surface area contributed by atoms with E-state index in [-0.39, 0.29) is 17.8 Å². The summed E-state index contributed by atoms with van der Waals surface area (Å²) in [5.74, 6) is 0. The van der Waals surface area contributed by atoms with Gasteiger partial charge in [-0.3, -0.25) is 4.68 Å². The van der Waals surface area contributed by atoms with E-state index in [1.165, 1.54) is 0 Å². The van der Waals surface area contributed by atoms with E-state index in [2.05, 4.69) is 5.10 Å². The molecule has 1 aliphatic rings. The van der Waals surface area contributed by atoms with E-state index in [1.807, 2.05) is 41.7 Å². The quantitative estimate of drug-likeness (QED) is 0.779. The zero-order chi connectivity index (χ0) is 13.7. The topological polar surface area (TPSA) is 56.5 Å². The standard InChI is InChI=1S/C12H21BN2O3/c1-8-10(9(7-16)14-15(8)6)13-17-11(2,3)12(4,5)18-13/h16H,7H2,1-6H3. The molecule has 0 unspecified atom stereocenters. The van der Waals surface area contributed by atoms with Gasteiger partial charge in [-0.15, -0.1) is 0 Å². The molecule has 1 aliphatic heterocycles. The van der Waals surface area contributed by atoms with Crippen molar-refractivity contribution in [2.45, 2.75) is 52.4 Å². The predicted molar refractivity (Wildman–Crippen MR) is 69.6 cm³/mol. The lowest BCUT2D eigenvalue weighted by atomic mass is 9.77. The van der Waals surface area contributed by atoms with Crippen LogP contribution in [0.25, 0.3) is 0 Å². The predicted octanol–water partition coefficient (Wildman–Crippen LogP) is 0.520. The first-order chi connectivity index (χ1) is 8.19. The minimum Gasteiger partial charge on any atom is -0.399 e. The molecule has 0 spiro atoms. The average Bonchev–Trinajstić information content (AvgIpc) is 2.63. The van der Waals surface area contributed by atoms with E-state index in [1.54, 1.807) is 4.68 Å². The van der Waals surface area contributed by atoms with Gasteiger partial charge >= 0.3 is 7.12 Å². The fourth-order valence-corrected chi connectivity index (χ4v) is 2.08. The van der Waals surface area contributed by atoms with Crippen molar-refractivity contribution in [1.82, 2.24) is 9.78 Å². The van der Waals surface area contributed by atoms with E-state index >= 15 is 0 Å². The van der Waals surface area contributed by atoms with Crippen molar-refractivity contribution in [2.75, 3.05) is 0 Å². The molecule has 1 fully saturated rings. The Morgan fingerprint density at radius 2 is 1.72 bits per heavy atom. The molecule has 2 rings (SSSR count). The SMILES string of the molecule is Cc1c(B2OC(C)(C)C(C)(C)O2)c(CO)nn1C. The number of aliphatic hydroxyl groups is 1. The van der Waals surface area contributed by atoms with Crippen LogP contribution in [-0.4, -0.2) is 33.2 Å². The minimum absolute atomic E-state index is 0.110. The van der Waals surface area contributed by atoms with Gasteiger partial charge in [-0.2, -0.15) is 5.10 Å². The summed E-state index contributed by atoms with van der Waals surface area (Å²) in [6, 6.07) is 0. The van der Waals surface area contributed by atoms with Crippen LogP contribution in [0, 0.1) is 6.92 Å². The molecular formula is C12H21BN2O3. The number of nitrogens with zero attached hydrogens (tertiary/aromatic N) is 2. The number of hydrogen-bond acceptors (Lipinski definition) is 4. The lowest BCUT2D eigenvalue weighted by Crippen LogP contribution is -2.41. The molecule has 100 valence electrons. The summed E-state index contributed by atoms with van der Waals surface area (Å²) in [5.41, 5.74) is 1.66. The molecule has 0 bridgehead atoms. The van der Waals surface area contributed by atoms with Crippen LogP contribution in [0.4, 0.5) is 0 Å². The minimum atomic E-state index is -0.467. The second kappa shape index (κ2) is 4.08. The third kappa shape index (κ3) is 1.88.